The zero-order valence-electron chi connectivity index (χ0n) is 11.8. The number of ether oxygens (including phenoxy) is 2. The number of carbonyl (C=O) groups excluding carboxylic acids is 3. The van der Waals surface area contributed by atoms with Gasteiger partial charge in [0, 0.05) is 13.5 Å². The first-order valence-corrected chi connectivity index (χ1v) is 6.09. The van der Waals surface area contributed by atoms with Crippen molar-refractivity contribution >= 4 is 23.9 Å². The molecular formula is C12H19N3O5. The molecule has 0 aliphatic carbocycles. The predicted molar refractivity (Wildman–Crippen MR) is 69.0 cm³/mol. The quantitative estimate of drug-likeness (QED) is 0.270. The molecule has 0 aromatic carbocycles. The van der Waals surface area contributed by atoms with Gasteiger partial charge in [-0.3, -0.25) is 9.59 Å². The molecule has 0 spiro atoms. The lowest BCUT2D eigenvalue weighted by Gasteiger charge is -2.18. The number of nitrogens with zero attached hydrogens (tertiary/aromatic N) is 2. The first kappa shape index (κ1) is 17.9. The zero-order chi connectivity index (χ0) is 15.5. The van der Waals surface area contributed by atoms with E-state index >= 15 is 0 Å². The predicted octanol–water partition coefficient (Wildman–Crippen LogP) is -0.281. The molecule has 0 heterocycles. The van der Waals surface area contributed by atoms with E-state index in [-0.39, 0.29) is 25.6 Å². The van der Waals surface area contributed by atoms with Gasteiger partial charge in [-0.05, 0) is 20.3 Å². The lowest BCUT2D eigenvalue weighted by atomic mass is 10.1. The monoisotopic (exact) mass is 285 g/mol. The molecule has 0 aromatic heterocycles. The van der Waals surface area contributed by atoms with Crippen LogP contribution < -0.4 is 5.32 Å². The molecule has 0 radical (unpaired) electrons. The summed E-state index contributed by atoms with van der Waals surface area (Å²) in [4.78, 5) is 37.0. The highest BCUT2D eigenvalue weighted by Gasteiger charge is 2.24. The molecule has 1 atom stereocenters. The van der Waals surface area contributed by atoms with Crippen LogP contribution in [-0.4, -0.2) is 54.5 Å². The topological polar surface area (TPSA) is 118 Å². The van der Waals surface area contributed by atoms with Crippen molar-refractivity contribution in [1.29, 1.82) is 0 Å². The Balaban J connectivity index is 4.60. The van der Waals surface area contributed by atoms with Crippen molar-refractivity contribution in [2.45, 2.75) is 38.8 Å². The Morgan fingerprint density at radius 3 is 2.50 bits per heavy atom. The van der Waals surface area contributed by atoms with Crippen LogP contribution in [0.15, 0.2) is 0 Å². The number of nitrogens with one attached hydrogen (secondary N) is 1. The van der Waals surface area contributed by atoms with E-state index in [1.54, 1.807) is 13.8 Å². The maximum absolute atomic E-state index is 11.8. The molecule has 0 saturated heterocycles. The molecule has 8 nitrogen and oxygen atoms in total. The molecule has 0 bridgehead atoms. The third-order valence-electron chi connectivity index (χ3n) is 2.13. The minimum absolute atomic E-state index is 0.0475. The van der Waals surface area contributed by atoms with Gasteiger partial charge in [-0.1, -0.05) is 0 Å². The lowest BCUT2D eigenvalue weighted by molar-refractivity contribution is -0.152. The van der Waals surface area contributed by atoms with E-state index in [0.717, 1.165) is 6.21 Å². The van der Waals surface area contributed by atoms with E-state index in [0.29, 0.717) is 0 Å². The number of hydrogen-bond acceptors (Lipinski definition) is 5. The summed E-state index contributed by atoms with van der Waals surface area (Å²) >= 11 is 0. The highest BCUT2D eigenvalue weighted by atomic mass is 16.5. The fourth-order valence-corrected chi connectivity index (χ4v) is 1.35. The minimum Gasteiger partial charge on any atom is -0.461 e. The summed E-state index contributed by atoms with van der Waals surface area (Å²) in [6, 6.07) is -0.948. The number of methoxy groups -OCH3 is 1. The Morgan fingerprint density at radius 2 is 2.00 bits per heavy atom. The van der Waals surface area contributed by atoms with Crippen LogP contribution >= 0.6 is 0 Å². The number of ketones is 1. The van der Waals surface area contributed by atoms with Crippen LogP contribution in [0.25, 0.3) is 5.53 Å². The van der Waals surface area contributed by atoms with Crippen LogP contribution in [0.1, 0.15) is 26.7 Å². The smallest absolute Gasteiger partial charge is 0.328 e. The lowest BCUT2D eigenvalue weighted by Crippen LogP contribution is -2.44. The van der Waals surface area contributed by atoms with Crippen molar-refractivity contribution in [3.05, 3.63) is 5.53 Å². The maximum Gasteiger partial charge on any atom is 0.328 e. The fourth-order valence-electron chi connectivity index (χ4n) is 1.35. The summed E-state index contributed by atoms with van der Waals surface area (Å²) in [5, 5.41) is 2.42. The van der Waals surface area contributed by atoms with Gasteiger partial charge >= 0.3 is 12.2 Å². The normalized spacial score (nSPS) is 11.4. The van der Waals surface area contributed by atoms with Crippen molar-refractivity contribution in [2.24, 2.45) is 0 Å². The molecule has 0 aromatic rings. The molecule has 1 N–H and O–H groups in total. The minimum atomic E-state index is -0.948. The summed E-state index contributed by atoms with van der Waals surface area (Å²) in [5.41, 5.74) is 8.22. The van der Waals surface area contributed by atoms with Crippen LogP contribution in [0, 0.1) is 0 Å². The van der Waals surface area contributed by atoms with Gasteiger partial charge in [0.2, 0.25) is 11.7 Å². The number of esters is 1. The second-order valence-corrected chi connectivity index (χ2v) is 4.29. The number of rotatable bonds is 9. The average molecular weight is 285 g/mol. The summed E-state index contributed by atoms with van der Waals surface area (Å²) < 4.78 is 9.64. The van der Waals surface area contributed by atoms with Crippen LogP contribution in [-0.2, 0) is 23.9 Å². The summed E-state index contributed by atoms with van der Waals surface area (Å²) in [5.74, 6) is -1.57. The van der Waals surface area contributed by atoms with E-state index in [9.17, 15) is 14.4 Å². The van der Waals surface area contributed by atoms with E-state index < -0.39 is 23.7 Å². The van der Waals surface area contributed by atoms with E-state index in [4.69, 9.17) is 10.3 Å². The molecule has 0 rings (SSSR count). The van der Waals surface area contributed by atoms with Gasteiger partial charge in [0.15, 0.2) is 0 Å². The molecule has 20 heavy (non-hydrogen) atoms. The van der Waals surface area contributed by atoms with Crippen molar-refractivity contribution in [3.63, 3.8) is 0 Å². The summed E-state index contributed by atoms with van der Waals surface area (Å²) in [6.07, 6.45) is 0.391. The van der Waals surface area contributed by atoms with E-state index in [1.807, 2.05) is 0 Å². The van der Waals surface area contributed by atoms with E-state index in [1.165, 1.54) is 7.11 Å². The van der Waals surface area contributed by atoms with Gasteiger partial charge < -0.3 is 20.3 Å². The van der Waals surface area contributed by atoms with Crippen LogP contribution in [0.2, 0.25) is 0 Å². The molecule has 0 fully saturated rings. The molecule has 8 heteroatoms. The first-order chi connectivity index (χ1) is 9.40. The third-order valence-corrected chi connectivity index (χ3v) is 2.13. The number of Topliss-reactive ketones (excluding diaryl/α,β-unsaturated/α-hetero) is 1. The Morgan fingerprint density at radius 1 is 1.35 bits per heavy atom. The summed E-state index contributed by atoms with van der Waals surface area (Å²) in [7, 11) is 1.35. The summed E-state index contributed by atoms with van der Waals surface area (Å²) in [6.45, 7) is 3.16. The maximum atomic E-state index is 11.8. The standard InChI is InChI=1S/C12H19N3O5/c1-8(2)20-12(18)10(15-11(17)7-19-3)5-4-9(16)6-14-13/h6,8,10H,4-5,7H2,1-3H3,(H,15,17)/t10-/m0/s1. The van der Waals surface area contributed by atoms with Crippen LogP contribution in [0.4, 0.5) is 0 Å². The molecule has 1 amide bonds. The number of hydrogen-bond donors (Lipinski definition) is 1. The van der Waals surface area contributed by atoms with Crippen molar-refractivity contribution in [1.82, 2.24) is 5.32 Å². The molecule has 0 unspecified atom stereocenters. The van der Waals surface area contributed by atoms with Gasteiger partial charge in [-0.15, -0.1) is 0 Å². The second-order valence-electron chi connectivity index (χ2n) is 4.29. The van der Waals surface area contributed by atoms with Gasteiger partial charge in [0.05, 0.1) is 6.10 Å². The second kappa shape index (κ2) is 9.82. The Bertz CT molecular complexity index is 402. The Kier molecular flexibility index (Phi) is 8.82. The van der Waals surface area contributed by atoms with Crippen molar-refractivity contribution in [3.8, 4) is 0 Å². The van der Waals surface area contributed by atoms with Crippen LogP contribution in [0.3, 0.4) is 0 Å². The van der Waals surface area contributed by atoms with Crippen molar-refractivity contribution < 1.29 is 28.6 Å². The van der Waals surface area contributed by atoms with Gasteiger partial charge in [-0.25, -0.2) is 4.79 Å². The van der Waals surface area contributed by atoms with Gasteiger partial charge in [-0.2, -0.15) is 4.79 Å². The van der Waals surface area contributed by atoms with Crippen LogP contribution in [0.5, 0.6) is 0 Å². The molecular weight excluding hydrogens is 266 g/mol. The number of carbonyl (C=O) groups is 3. The zero-order valence-corrected chi connectivity index (χ0v) is 11.8. The van der Waals surface area contributed by atoms with Gasteiger partial charge in [0.1, 0.15) is 12.6 Å². The molecule has 0 saturated carbocycles. The number of amides is 1. The van der Waals surface area contributed by atoms with Crippen molar-refractivity contribution in [2.75, 3.05) is 13.7 Å². The highest BCUT2D eigenvalue weighted by Crippen LogP contribution is 2.03. The average Bonchev–Trinajstić information content (AvgIpc) is 2.34. The SMILES string of the molecule is COCC(=O)N[C@@H](CCC(=O)C=[N+]=[N-])C(=O)OC(C)C. The Labute approximate surface area is 117 Å². The first-order valence-electron chi connectivity index (χ1n) is 6.09. The molecule has 0 aliphatic heterocycles. The Hall–Kier alpha value is -2.05. The third kappa shape index (κ3) is 8.12. The van der Waals surface area contributed by atoms with Gasteiger partial charge in [0.25, 0.3) is 0 Å². The molecule has 0 aliphatic rings. The van der Waals surface area contributed by atoms with E-state index in [2.05, 4.69) is 14.8 Å². The largest absolute Gasteiger partial charge is 0.461 e. The highest BCUT2D eigenvalue weighted by molar-refractivity contribution is 6.25. The fraction of sp³-hybridized carbons (Fsp3) is 0.667. The molecule has 112 valence electrons.